The molecule has 0 aliphatic rings. The zero-order chi connectivity index (χ0) is 15.2. The van der Waals surface area contributed by atoms with Crippen LogP contribution in [0.4, 0.5) is 0 Å². The summed E-state index contributed by atoms with van der Waals surface area (Å²) in [6, 6.07) is 18.1. The third-order valence-electron chi connectivity index (χ3n) is 3.82. The minimum Gasteiger partial charge on any atom is -0.306 e. The summed E-state index contributed by atoms with van der Waals surface area (Å²) in [5, 5.41) is 3.60. The summed E-state index contributed by atoms with van der Waals surface area (Å²) < 4.78 is 0. The van der Waals surface area contributed by atoms with Crippen LogP contribution in [0.3, 0.4) is 0 Å². The normalized spacial score (nSPS) is 12.6. The van der Waals surface area contributed by atoms with E-state index >= 15 is 0 Å². The Hall–Kier alpha value is -1.60. The summed E-state index contributed by atoms with van der Waals surface area (Å²) >= 11 is 0. The monoisotopic (exact) mass is 281 g/mol. The second-order valence-electron chi connectivity index (χ2n) is 6.43. The van der Waals surface area contributed by atoms with E-state index < -0.39 is 0 Å². The Labute approximate surface area is 129 Å². The molecule has 2 aromatic rings. The molecule has 2 aromatic carbocycles. The molecule has 0 aromatic heterocycles. The molecule has 0 heterocycles. The van der Waals surface area contributed by atoms with Crippen molar-refractivity contribution in [2.24, 2.45) is 5.92 Å². The van der Waals surface area contributed by atoms with E-state index in [0.717, 1.165) is 18.9 Å². The van der Waals surface area contributed by atoms with Gasteiger partial charge in [0.1, 0.15) is 0 Å². The summed E-state index contributed by atoms with van der Waals surface area (Å²) in [6.07, 6.45) is 1.16. The summed E-state index contributed by atoms with van der Waals surface area (Å²) in [6.45, 7) is 9.81. The quantitative estimate of drug-likeness (QED) is 0.781. The maximum Gasteiger partial charge on any atom is 0.0295 e. The van der Waals surface area contributed by atoms with Crippen LogP contribution in [0.5, 0.6) is 0 Å². The molecule has 1 N–H and O–H groups in total. The first kappa shape index (κ1) is 15.8. The third-order valence-corrected chi connectivity index (χ3v) is 3.82. The molecule has 0 aliphatic carbocycles. The molecule has 0 amide bonds. The number of aryl methyl sites for hydroxylation is 1. The zero-order valence-electron chi connectivity index (χ0n) is 13.7. The van der Waals surface area contributed by atoms with Crippen molar-refractivity contribution in [3.63, 3.8) is 0 Å². The topological polar surface area (TPSA) is 12.0 Å². The van der Waals surface area contributed by atoms with E-state index in [1.54, 1.807) is 0 Å². The van der Waals surface area contributed by atoms with E-state index in [9.17, 15) is 0 Å². The fourth-order valence-electron chi connectivity index (χ4n) is 2.59. The van der Waals surface area contributed by atoms with E-state index in [1.165, 1.54) is 22.3 Å². The van der Waals surface area contributed by atoms with E-state index in [4.69, 9.17) is 0 Å². The van der Waals surface area contributed by atoms with E-state index in [-0.39, 0.29) is 0 Å². The molecule has 1 heteroatoms. The van der Waals surface area contributed by atoms with Gasteiger partial charge in [-0.1, -0.05) is 67.9 Å². The number of hydrogen-bond donors (Lipinski definition) is 1. The minimum atomic E-state index is 0.375. The van der Waals surface area contributed by atoms with Crippen molar-refractivity contribution >= 4 is 0 Å². The predicted molar refractivity (Wildman–Crippen MR) is 91.4 cm³/mol. The SMILES string of the molecule is Cc1cccc([C@H](C)NCc2ccc(CC(C)C)cc2)c1. The minimum absolute atomic E-state index is 0.375. The van der Waals surface area contributed by atoms with Gasteiger partial charge in [-0.25, -0.2) is 0 Å². The molecule has 1 atom stereocenters. The Bertz CT molecular complexity index is 554. The molecule has 0 fully saturated rings. The molecular formula is C20H27N. The Morgan fingerprint density at radius 1 is 0.905 bits per heavy atom. The van der Waals surface area contributed by atoms with Gasteiger partial charge < -0.3 is 5.32 Å². The summed E-state index contributed by atoms with van der Waals surface area (Å²) in [7, 11) is 0. The first-order valence-corrected chi connectivity index (χ1v) is 7.92. The van der Waals surface area contributed by atoms with Gasteiger partial charge in [-0.3, -0.25) is 0 Å². The highest BCUT2D eigenvalue weighted by molar-refractivity contribution is 5.26. The van der Waals surface area contributed by atoms with Crippen LogP contribution in [0.1, 0.15) is 49.1 Å². The summed E-state index contributed by atoms with van der Waals surface area (Å²) in [5.74, 6) is 0.718. The lowest BCUT2D eigenvalue weighted by Crippen LogP contribution is -2.18. The van der Waals surface area contributed by atoms with E-state index in [1.807, 2.05) is 0 Å². The van der Waals surface area contributed by atoms with Gasteiger partial charge in [0.15, 0.2) is 0 Å². The van der Waals surface area contributed by atoms with Crippen LogP contribution in [0.15, 0.2) is 48.5 Å². The lowest BCUT2D eigenvalue weighted by atomic mass is 10.0. The Balaban J connectivity index is 1.90. The Morgan fingerprint density at radius 3 is 2.19 bits per heavy atom. The highest BCUT2D eigenvalue weighted by atomic mass is 14.9. The number of rotatable bonds is 6. The first-order valence-electron chi connectivity index (χ1n) is 7.92. The smallest absolute Gasteiger partial charge is 0.0295 e. The number of nitrogens with one attached hydrogen (secondary N) is 1. The van der Waals surface area contributed by atoms with Gasteiger partial charge in [0.2, 0.25) is 0 Å². The van der Waals surface area contributed by atoms with Crippen molar-refractivity contribution in [1.29, 1.82) is 0 Å². The van der Waals surface area contributed by atoms with Crippen LogP contribution in [-0.2, 0) is 13.0 Å². The second kappa shape index (κ2) is 7.42. The van der Waals surface area contributed by atoms with Gasteiger partial charge >= 0.3 is 0 Å². The maximum absolute atomic E-state index is 3.60. The van der Waals surface area contributed by atoms with Gasteiger partial charge in [-0.2, -0.15) is 0 Å². The molecule has 0 spiro atoms. The standard InChI is InChI=1S/C20H27N/c1-15(2)12-18-8-10-19(11-9-18)14-21-17(4)20-7-5-6-16(3)13-20/h5-11,13,15,17,21H,12,14H2,1-4H3/t17-/m0/s1. The van der Waals surface area contributed by atoms with Crippen molar-refractivity contribution in [3.05, 3.63) is 70.8 Å². The fourth-order valence-corrected chi connectivity index (χ4v) is 2.59. The zero-order valence-corrected chi connectivity index (χ0v) is 13.7. The molecule has 0 bridgehead atoms. The summed E-state index contributed by atoms with van der Waals surface area (Å²) in [5.41, 5.74) is 5.45. The number of benzene rings is 2. The van der Waals surface area contributed by atoms with Crippen LogP contribution in [0, 0.1) is 12.8 Å². The molecular weight excluding hydrogens is 254 g/mol. The van der Waals surface area contributed by atoms with E-state index in [2.05, 4.69) is 81.5 Å². The summed E-state index contributed by atoms with van der Waals surface area (Å²) in [4.78, 5) is 0. The molecule has 1 nitrogen and oxygen atoms in total. The van der Waals surface area contributed by atoms with Gasteiger partial charge in [0.05, 0.1) is 0 Å². The van der Waals surface area contributed by atoms with Crippen molar-refractivity contribution in [2.45, 2.75) is 46.7 Å². The van der Waals surface area contributed by atoms with Crippen molar-refractivity contribution in [3.8, 4) is 0 Å². The van der Waals surface area contributed by atoms with Gasteiger partial charge in [0, 0.05) is 12.6 Å². The van der Waals surface area contributed by atoms with Crippen molar-refractivity contribution < 1.29 is 0 Å². The molecule has 21 heavy (non-hydrogen) atoms. The molecule has 0 saturated heterocycles. The Morgan fingerprint density at radius 2 is 1.57 bits per heavy atom. The molecule has 0 aliphatic heterocycles. The van der Waals surface area contributed by atoms with Crippen molar-refractivity contribution in [1.82, 2.24) is 5.32 Å². The van der Waals surface area contributed by atoms with Gasteiger partial charge in [-0.15, -0.1) is 0 Å². The molecule has 0 saturated carbocycles. The molecule has 2 rings (SSSR count). The van der Waals surface area contributed by atoms with Crippen LogP contribution in [0.2, 0.25) is 0 Å². The average Bonchev–Trinajstić information content (AvgIpc) is 2.45. The molecule has 112 valence electrons. The highest BCUT2D eigenvalue weighted by Gasteiger charge is 2.05. The van der Waals surface area contributed by atoms with Crippen molar-refractivity contribution in [2.75, 3.05) is 0 Å². The third kappa shape index (κ3) is 5.02. The molecule has 0 radical (unpaired) electrons. The molecule has 0 unspecified atom stereocenters. The largest absolute Gasteiger partial charge is 0.306 e. The average molecular weight is 281 g/mol. The fraction of sp³-hybridized carbons (Fsp3) is 0.400. The van der Waals surface area contributed by atoms with Crippen LogP contribution in [-0.4, -0.2) is 0 Å². The lowest BCUT2D eigenvalue weighted by Gasteiger charge is -2.15. The van der Waals surface area contributed by atoms with Crippen LogP contribution >= 0.6 is 0 Å². The number of hydrogen-bond acceptors (Lipinski definition) is 1. The first-order chi connectivity index (χ1) is 10.0. The van der Waals surface area contributed by atoms with Gasteiger partial charge in [-0.05, 0) is 42.9 Å². The van der Waals surface area contributed by atoms with Crippen LogP contribution in [0.25, 0.3) is 0 Å². The van der Waals surface area contributed by atoms with Crippen LogP contribution < -0.4 is 5.32 Å². The Kier molecular flexibility index (Phi) is 5.58. The highest BCUT2D eigenvalue weighted by Crippen LogP contribution is 2.15. The second-order valence-corrected chi connectivity index (χ2v) is 6.43. The van der Waals surface area contributed by atoms with Gasteiger partial charge in [0.25, 0.3) is 0 Å². The maximum atomic E-state index is 3.60. The van der Waals surface area contributed by atoms with E-state index in [0.29, 0.717) is 6.04 Å². The lowest BCUT2D eigenvalue weighted by molar-refractivity contribution is 0.574. The predicted octanol–water partition coefficient (Wildman–Crippen LogP) is 5.04.